The standard InChI is InChI=1S/C29H37N3O7/c1-5-15-39-21-9-7-20(8-10-21)25-23(26(33)22-18(2)24(29(36)37-4)30-19(22)3)27(34)28(35)32(25)12-6-11-31-13-16-38-17-14-31/h7-10,25,30,33H,5-6,11-17H2,1-4H3. The minimum Gasteiger partial charge on any atom is -0.507 e. The number of rotatable bonds is 10. The van der Waals surface area contributed by atoms with Crippen LogP contribution < -0.4 is 4.74 Å². The molecule has 1 amide bonds. The Labute approximate surface area is 228 Å². The molecule has 2 aromatic rings. The van der Waals surface area contributed by atoms with E-state index in [1.807, 2.05) is 19.1 Å². The fraction of sp³-hybridized carbons (Fsp3) is 0.483. The van der Waals surface area contributed by atoms with E-state index in [0.29, 0.717) is 60.9 Å². The van der Waals surface area contributed by atoms with E-state index in [1.54, 1.807) is 26.0 Å². The lowest BCUT2D eigenvalue weighted by Gasteiger charge is -2.29. The van der Waals surface area contributed by atoms with Crippen LogP contribution in [0.25, 0.3) is 5.76 Å². The van der Waals surface area contributed by atoms with Crippen molar-refractivity contribution in [1.29, 1.82) is 0 Å². The summed E-state index contributed by atoms with van der Waals surface area (Å²) in [7, 11) is 1.27. The molecule has 2 fully saturated rings. The summed E-state index contributed by atoms with van der Waals surface area (Å²) in [5.74, 6) is -1.63. The Morgan fingerprint density at radius 2 is 1.82 bits per heavy atom. The number of H-pyrrole nitrogens is 1. The predicted molar refractivity (Wildman–Crippen MR) is 145 cm³/mol. The number of nitrogens with one attached hydrogen (secondary N) is 1. The van der Waals surface area contributed by atoms with E-state index in [-0.39, 0.29) is 17.0 Å². The van der Waals surface area contributed by atoms with Crippen molar-refractivity contribution in [2.45, 2.75) is 39.7 Å². The smallest absolute Gasteiger partial charge is 0.354 e. The molecule has 10 nitrogen and oxygen atoms in total. The lowest BCUT2D eigenvalue weighted by molar-refractivity contribution is -0.140. The summed E-state index contributed by atoms with van der Waals surface area (Å²) < 4.78 is 16.0. The number of hydrogen-bond donors (Lipinski definition) is 2. The van der Waals surface area contributed by atoms with E-state index >= 15 is 0 Å². The number of carbonyl (C=O) groups excluding carboxylic acids is 3. The van der Waals surface area contributed by atoms with Gasteiger partial charge in [-0.15, -0.1) is 0 Å². The fourth-order valence-electron chi connectivity index (χ4n) is 5.26. The van der Waals surface area contributed by atoms with Crippen molar-refractivity contribution in [3.05, 3.63) is 57.9 Å². The number of aromatic nitrogens is 1. The molecule has 39 heavy (non-hydrogen) atoms. The minimum absolute atomic E-state index is 0.00443. The first-order valence-electron chi connectivity index (χ1n) is 13.4. The Bertz CT molecular complexity index is 1240. The number of aryl methyl sites for hydroxylation is 1. The largest absolute Gasteiger partial charge is 0.507 e. The van der Waals surface area contributed by atoms with Crippen LogP contribution in [0.5, 0.6) is 5.75 Å². The first kappa shape index (κ1) is 28.4. The van der Waals surface area contributed by atoms with Gasteiger partial charge in [-0.05, 0) is 49.9 Å². The van der Waals surface area contributed by atoms with Crippen molar-refractivity contribution in [3.63, 3.8) is 0 Å². The summed E-state index contributed by atoms with van der Waals surface area (Å²) >= 11 is 0. The van der Waals surface area contributed by atoms with Crippen LogP contribution in [0.15, 0.2) is 29.8 Å². The average Bonchev–Trinajstić information content (AvgIpc) is 3.39. The second kappa shape index (κ2) is 12.5. The Balaban J connectivity index is 1.73. The molecular formula is C29H37N3O7. The van der Waals surface area contributed by atoms with Crippen molar-refractivity contribution in [2.75, 3.05) is 53.1 Å². The maximum atomic E-state index is 13.4. The van der Waals surface area contributed by atoms with Gasteiger partial charge in [0.05, 0.1) is 38.5 Å². The fourth-order valence-corrected chi connectivity index (χ4v) is 5.26. The number of ketones is 1. The van der Waals surface area contributed by atoms with Gasteiger partial charge >= 0.3 is 5.97 Å². The van der Waals surface area contributed by atoms with Crippen LogP contribution >= 0.6 is 0 Å². The number of methoxy groups -OCH3 is 1. The van der Waals surface area contributed by atoms with Gasteiger partial charge in [-0.2, -0.15) is 0 Å². The van der Waals surface area contributed by atoms with Gasteiger partial charge in [0.15, 0.2) is 0 Å². The maximum Gasteiger partial charge on any atom is 0.354 e. The van der Waals surface area contributed by atoms with Crippen LogP contribution in [0.4, 0.5) is 0 Å². The number of nitrogens with zero attached hydrogens (tertiary/aromatic N) is 2. The zero-order valence-electron chi connectivity index (χ0n) is 23.0. The highest BCUT2D eigenvalue weighted by Crippen LogP contribution is 2.41. The minimum atomic E-state index is -0.787. The number of carbonyl (C=O) groups is 3. The highest BCUT2D eigenvalue weighted by molar-refractivity contribution is 6.46. The van der Waals surface area contributed by atoms with Crippen LogP contribution in [0.3, 0.4) is 0 Å². The SMILES string of the molecule is CCCOc1ccc(C2C(=C(O)c3c(C)[nH]c(C(=O)OC)c3C)C(=O)C(=O)N2CCCN2CCOCC2)cc1. The van der Waals surface area contributed by atoms with Crippen molar-refractivity contribution >= 4 is 23.4 Å². The van der Waals surface area contributed by atoms with Crippen LogP contribution in [-0.2, 0) is 19.1 Å². The molecular weight excluding hydrogens is 502 g/mol. The van der Waals surface area contributed by atoms with E-state index < -0.39 is 23.7 Å². The Morgan fingerprint density at radius 3 is 2.46 bits per heavy atom. The number of ether oxygens (including phenoxy) is 3. The summed E-state index contributed by atoms with van der Waals surface area (Å²) in [5.41, 5.74) is 2.11. The van der Waals surface area contributed by atoms with Gasteiger partial charge in [0.2, 0.25) is 0 Å². The number of esters is 1. The predicted octanol–water partition coefficient (Wildman–Crippen LogP) is 3.35. The first-order chi connectivity index (χ1) is 18.8. The number of aliphatic hydroxyl groups excluding tert-OH is 1. The van der Waals surface area contributed by atoms with E-state index in [0.717, 1.165) is 26.1 Å². The molecule has 0 saturated carbocycles. The third-order valence-corrected chi connectivity index (χ3v) is 7.25. The van der Waals surface area contributed by atoms with Gasteiger partial charge in [0, 0.05) is 37.4 Å². The number of aromatic amines is 1. The Hall–Kier alpha value is -3.63. The summed E-state index contributed by atoms with van der Waals surface area (Å²) in [5, 5.41) is 11.5. The van der Waals surface area contributed by atoms with Crippen molar-refractivity contribution < 1.29 is 33.7 Å². The number of likely N-dealkylation sites (tertiary alicyclic amines) is 1. The van der Waals surface area contributed by atoms with E-state index in [2.05, 4.69) is 9.88 Å². The summed E-state index contributed by atoms with van der Waals surface area (Å²) in [6.45, 7) is 10.1. The third-order valence-electron chi connectivity index (χ3n) is 7.25. The van der Waals surface area contributed by atoms with Crippen LogP contribution in [0, 0.1) is 13.8 Å². The first-order valence-corrected chi connectivity index (χ1v) is 13.4. The molecule has 10 heteroatoms. The number of benzene rings is 1. The van der Waals surface area contributed by atoms with Crippen molar-refractivity contribution in [1.82, 2.24) is 14.8 Å². The van der Waals surface area contributed by atoms with E-state index in [1.165, 1.54) is 12.0 Å². The molecule has 2 aliphatic rings. The number of hydrogen-bond acceptors (Lipinski definition) is 8. The molecule has 2 aliphatic heterocycles. The number of aliphatic hydroxyl groups is 1. The number of Topliss-reactive ketones (excluding diaryl/α,β-unsaturated/α-hetero) is 1. The van der Waals surface area contributed by atoms with Gasteiger partial charge < -0.3 is 29.2 Å². The van der Waals surface area contributed by atoms with Crippen LogP contribution in [0.2, 0.25) is 0 Å². The molecule has 1 unspecified atom stereocenters. The summed E-state index contributed by atoms with van der Waals surface area (Å²) in [6.07, 6.45) is 1.53. The van der Waals surface area contributed by atoms with E-state index in [4.69, 9.17) is 14.2 Å². The monoisotopic (exact) mass is 539 g/mol. The van der Waals surface area contributed by atoms with Crippen molar-refractivity contribution in [2.24, 2.45) is 0 Å². The van der Waals surface area contributed by atoms with Crippen LogP contribution in [0.1, 0.15) is 58.7 Å². The van der Waals surface area contributed by atoms with Gasteiger partial charge in [-0.3, -0.25) is 14.5 Å². The molecule has 0 bridgehead atoms. The highest BCUT2D eigenvalue weighted by atomic mass is 16.5. The topological polar surface area (TPSA) is 121 Å². The molecule has 0 radical (unpaired) electrons. The molecule has 0 aliphatic carbocycles. The van der Waals surface area contributed by atoms with Gasteiger partial charge in [-0.1, -0.05) is 19.1 Å². The highest BCUT2D eigenvalue weighted by Gasteiger charge is 2.46. The van der Waals surface area contributed by atoms with Crippen LogP contribution in [-0.4, -0.2) is 90.7 Å². The molecule has 1 aromatic heterocycles. The van der Waals surface area contributed by atoms with Gasteiger partial charge in [0.25, 0.3) is 11.7 Å². The second-order valence-corrected chi connectivity index (χ2v) is 9.83. The quantitative estimate of drug-likeness (QED) is 0.204. The number of amides is 1. The summed E-state index contributed by atoms with van der Waals surface area (Å²) in [6, 6.07) is 6.47. The van der Waals surface area contributed by atoms with E-state index in [9.17, 15) is 19.5 Å². The molecule has 3 heterocycles. The number of morpholine rings is 1. The maximum absolute atomic E-state index is 13.4. The Kier molecular flexibility index (Phi) is 9.08. The molecule has 4 rings (SSSR count). The van der Waals surface area contributed by atoms with Gasteiger partial charge in [0.1, 0.15) is 17.2 Å². The molecule has 1 atom stereocenters. The second-order valence-electron chi connectivity index (χ2n) is 9.83. The lowest BCUT2D eigenvalue weighted by Crippen LogP contribution is -2.38. The average molecular weight is 540 g/mol. The lowest BCUT2D eigenvalue weighted by atomic mass is 9.94. The normalized spacial score (nSPS) is 19.5. The molecule has 2 N–H and O–H groups in total. The molecule has 0 spiro atoms. The van der Waals surface area contributed by atoms with Gasteiger partial charge in [-0.25, -0.2) is 4.79 Å². The third kappa shape index (κ3) is 5.86. The van der Waals surface area contributed by atoms with Crippen molar-refractivity contribution in [3.8, 4) is 5.75 Å². The summed E-state index contributed by atoms with van der Waals surface area (Å²) in [4.78, 5) is 45.8. The molecule has 2 saturated heterocycles. The molecule has 1 aromatic carbocycles. The zero-order valence-corrected chi connectivity index (χ0v) is 23.0. The molecule has 210 valence electrons. The zero-order chi connectivity index (χ0) is 28.1. The Morgan fingerprint density at radius 1 is 1.13 bits per heavy atom.